The summed E-state index contributed by atoms with van der Waals surface area (Å²) in [6.45, 7) is 6.80. The van der Waals surface area contributed by atoms with Gasteiger partial charge in [-0.05, 0) is 88.6 Å². The van der Waals surface area contributed by atoms with E-state index in [-0.39, 0.29) is 35.3 Å². The molecule has 3 N–H and O–H groups in total. The largest absolute Gasteiger partial charge is 0.457 e. The van der Waals surface area contributed by atoms with Gasteiger partial charge in [-0.1, -0.05) is 30.0 Å². The van der Waals surface area contributed by atoms with Crippen LogP contribution in [0, 0.1) is 19.8 Å². The summed E-state index contributed by atoms with van der Waals surface area (Å²) >= 11 is 1.56. The van der Waals surface area contributed by atoms with Gasteiger partial charge in [0.05, 0.1) is 16.3 Å². The lowest BCUT2D eigenvalue weighted by molar-refractivity contribution is -0.117. The number of carbonyl (C=O) groups excluding carboxylic acids is 2. The summed E-state index contributed by atoms with van der Waals surface area (Å²) < 4.78 is 6.13. The van der Waals surface area contributed by atoms with E-state index in [4.69, 9.17) is 4.74 Å². The Bertz CT molecular complexity index is 1280. The standard InChI is InChI=1S/C29H35N5O3S/c1-17-18(2)23(37-20-9-5-4-6-10-20)12-11-21(17)34-22-13-14-30-28-24(22)25(32-29(34)36)26(38-28)27(35)31-19-8-7-15-33(3)16-19/h4-6,9-12,19,22,24,28,30H,7-8,13-16H2,1-3H3,(H,31,35)(H,32,36)/t19-,22?,24?,28?/m1/s1. The average Bonchev–Trinajstić information content (AvgIpc) is 3.28. The van der Waals surface area contributed by atoms with Crippen LogP contribution in [0.5, 0.6) is 11.5 Å². The van der Waals surface area contributed by atoms with Crippen LogP contribution < -0.4 is 25.6 Å². The van der Waals surface area contributed by atoms with Gasteiger partial charge in [-0.15, -0.1) is 0 Å². The molecule has 3 unspecified atom stereocenters. The Morgan fingerprint density at radius 3 is 2.71 bits per heavy atom. The van der Waals surface area contributed by atoms with Crippen LogP contribution in [0.15, 0.2) is 53.1 Å². The number of nitrogens with one attached hydrogen (secondary N) is 3. The molecule has 3 amide bonds. The molecule has 8 nitrogen and oxygen atoms in total. The number of anilines is 1. The van der Waals surface area contributed by atoms with Gasteiger partial charge in [0.25, 0.3) is 5.91 Å². The van der Waals surface area contributed by atoms with Crippen molar-refractivity contribution in [2.24, 2.45) is 5.92 Å². The van der Waals surface area contributed by atoms with Crippen molar-refractivity contribution in [3.05, 3.63) is 64.2 Å². The quantitative estimate of drug-likeness (QED) is 0.537. The summed E-state index contributed by atoms with van der Waals surface area (Å²) in [7, 11) is 2.09. The van der Waals surface area contributed by atoms with Crippen LogP contribution in [-0.2, 0) is 4.79 Å². The molecule has 0 aliphatic carbocycles. The summed E-state index contributed by atoms with van der Waals surface area (Å²) in [6.07, 6.45) is 2.89. The van der Waals surface area contributed by atoms with E-state index in [0.29, 0.717) is 4.91 Å². The minimum atomic E-state index is -0.175. The molecule has 4 heterocycles. The second kappa shape index (κ2) is 10.3. The summed E-state index contributed by atoms with van der Waals surface area (Å²) in [6, 6.07) is 13.6. The molecule has 0 radical (unpaired) electrons. The van der Waals surface area contributed by atoms with Gasteiger partial charge in [-0.2, -0.15) is 0 Å². The normalized spacial score (nSPS) is 27.1. The zero-order valence-corrected chi connectivity index (χ0v) is 22.9. The Labute approximate surface area is 228 Å². The Kier molecular flexibility index (Phi) is 6.84. The SMILES string of the molecule is Cc1c(Oc2ccccc2)ccc(N2C(=O)NC3=C(C(=O)N[C@@H]4CCCN(C)C4)SC4NCCC2C34)c1C. The Balaban J connectivity index is 1.27. The number of para-hydroxylation sites is 1. The minimum absolute atomic E-state index is 0.0254. The van der Waals surface area contributed by atoms with Crippen molar-refractivity contribution in [3.63, 3.8) is 0 Å². The number of carbonyl (C=O) groups is 2. The van der Waals surface area contributed by atoms with Gasteiger partial charge in [0.2, 0.25) is 0 Å². The van der Waals surface area contributed by atoms with E-state index in [2.05, 4.69) is 27.9 Å². The number of ether oxygens (including phenoxy) is 1. The highest BCUT2D eigenvalue weighted by molar-refractivity contribution is 8.04. The lowest BCUT2D eigenvalue weighted by Crippen LogP contribution is -2.62. The van der Waals surface area contributed by atoms with E-state index in [9.17, 15) is 9.59 Å². The summed E-state index contributed by atoms with van der Waals surface area (Å²) in [5.74, 6) is 1.52. The number of thioether (sulfide) groups is 1. The van der Waals surface area contributed by atoms with Gasteiger partial charge in [-0.25, -0.2) is 4.79 Å². The predicted octanol–water partition coefficient (Wildman–Crippen LogP) is 4.10. The number of hydrogen-bond acceptors (Lipinski definition) is 6. The van der Waals surface area contributed by atoms with E-state index >= 15 is 0 Å². The third-order valence-corrected chi connectivity index (χ3v) is 9.60. The van der Waals surface area contributed by atoms with E-state index in [1.807, 2.05) is 61.2 Å². The van der Waals surface area contributed by atoms with Gasteiger partial charge in [0.1, 0.15) is 11.5 Å². The van der Waals surface area contributed by atoms with Crippen molar-refractivity contribution in [2.45, 2.75) is 50.6 Å². The first-order valence-corrected chi connectivity index (χ1v) is 14.4. The molecule has 0 saturated carbocycles. The fourth-order valence-corrected chi connectivity index (χ4v) is 7.61. The number of rotatable bonds is 5. The summed E-state index contributed by atoms with van der Waals surface area (Å²) in [5, 5.41) is 10.0. The molecule has 0 aromatic heterocycles. The molecular weight excluding hydrogens is 498 g/mol. The van der Waals surface area contributed by atoms with E-state index in [1.165, 1.54) is 0 Å². The van der Waals surface area contributed by atoms with Crippen molar-refractivity contribution in [1.82, 2.24) is 20.9 Å². The lowest BCUT2D eigenvalue weighted by Gasteiger charge is -2.46. The van der Waals surface area contributed by atoms with Crippen molar-refractivity contribution >= 4 is 29.4 Å². The number of urea groups is 1. The number of amides is 3. The molecule has 38 heavy (non-hydrogen) atoms. The minimum Gasteiger partial charge on any atom is -0.457 e. The second-order valence-electron chi connectivity index (χ2n) is 10.7. The number of likely N-dealkylation sites (N-methyl/N-ethyl adjacent to an activating group) is 1. The molecule has 4 atom stereocenters. The molecule has 4 aliphatic heterocycles. The molecule has 0 spiro atoms. The molecule has 6 rings (SSSR count). The second-order valence-corrected chi connectivity index (χ2v) is 11.9. The number of likely N-dealkylation sites (tertiary alicyclic amines) is 1. The topological polar surface area (TPSA) is 85.9 Å². The molecule has 9 heteroatoms. The van der Waals surface area contributed by atoms with E-state index in [1.54, 1.807) is 11.8 Å². The Hall–Kier alpha value is -3.01. The van der Waals surface area contributed by atoms with Crippen molar-refractivity contribution in [2.75, 3.05) is 31.6 Å². The molecule has 2 aromatic carbocycles. The lowest BCUT2D eigenvalue weighted by atomic mass is 9.86. The molecular formula is C29H35N5O3S. The van der Waals surface area contributed by atoms with Crippen LogP contribution in [0.3, 0.4) is 0 Å². The third kappa shape index (κ3) is 4.57. The van der Waals surface area contributed by atoms with Crippen LogP contribution in [-0.4, -0.2) is 61.0 Å². The van der Waals surface area contributed by atoms with Crippen LogP contribution in [0.2, 0.25) is 0 Å². The first-order valence-electron chi connectivity index (χ1n) is 13.5. The monoisotopic (exact) mass is 533 g/mol. The molecule has 2 aromatic rings. The number of hydrogen-bond donors (Lipinski definition) is 3. The Morgan fingerprint density at radius 2 is 1.92 bits per heavy atom. The maximum atomic E-state index is 13.7. The highest BCUT2D eigenvalue weighted by Gasteiger charge is 2.52. The summed E-state index contributed by atoms with van der Waals surface area (Å²) in [5.41, 5.74) is 3.68. The third-order valence-electron chi connectivity index (χ3n) is 8.25. The smallest absolute Gasteiger partial charge is 0.326 e. The van der Waals surface area contributed by atoms with Crippen molar-refractivity contribution < 1.29 is 14.3 Å². The number of benzene rings is 2. The van der Waals surface area contributed by atoms with Gasteiger partial charge >= 0.3 is 6.03 Å². The molecule has 3 saturated heterocycles. The van der Waals surface area contributed by atoms with Crippen LogP contribution in [0.4, 0.5) is 10.5 Å². The molecule has 4 aliphatic rings. The summed E-state index contributed by atoms with van der Waals surface area (Å²) in [4.78, 5) is 31.9. The van der Waals surface area contributed by atoms with E-state index < -0.39 is 0 Å². The van der Waals surface area contributed by atoms with Gasteiger partial charge in [0.15, 0.2) is 0 Å². The van der Waals surface area contributed by atoms with Gasteiger partial charge in [0, 0.05) is 29.9 Å². The Morgan fingerprint density at radius 1 is 1.11 bits per heavy atom. The van der Waals surface area contributed by atoms with Crippen molar-refractivity contribution in [1.29, 1.82) is 0 Å². The molecule has 3 fully saturated rings. The zero-order valence-electron chi connectivity index (χ0n) is 22.1. The fourth-order valence-electron chi connectivity index (χ4n) is 6.21. The molecule has 0 bridgehead atoms. The maximum absolute atomic E-state index is 13.7. The van der Waals surface area contributed by atoms with Gasteiger partial charge in [-0.3, -0.25) is 9.69 Å². The van der Waals surface area contributed by atoms with E-state index in [0.717, 1.165) is 72.9 Å². The highest BCUT2D eigenvalue weighted by atomic mass is 32.2. The predicted molar refractivity (Wildman–Crippen MR) is 150 cm³/mol. The zero-order chi connectivity index (χ0) is 26.4. The first kappa shape index (κ1) is 25.3. The highest BCUT2D eigenvalue weighted by Crippen LogP contribution is 2.48. The van der Waals surface area contributed by atoms with Crippen molar-refractivity contribution in [3.8, 4) is 11.5 Å². The first-order chi connectivity index (χ1) is 18.4. The maximum Gasteiger partial charge on any atom is 0.326 e. The van der Waals surface area contributed by atoms with Crippen LogP contribution >= 0.6 is 11.8 Å². The molecule has 200 valence electrons. The van der Waals surface area contributed by atoms with Gasteiger partial charge < -0.3 is 25.6 Å². The number of piperidine rings is 2. The number of nitrogens with zero attached hydrogens (tertiary/aromatic N) is 2. The van der Waals surface area contributed by atoms with Crippen LogP contribution in [0.25, 0.3) is 0 Å². The van der Waals surface area contributed by atoms with Crippen LogP contribution in [0.1, 0.15) is 30.4 Å². The average molecular weight is 534 g/mol. The fraction of sp³-hybridized carbons (Fsp3) is 0.448.